The summed E-state index contributed by atoms with van der Waals surface area (Å²) in [7, 11) is 13.9. The molecule has 0 unspecified atom stereocenters. The van der Waals surface area contributed by atoms with Crippen molar-refractivity contribution >= 4 is 0 Å². The fraction of sp³-hybridized carbons (Fsp3) is 0.351. The highest BCUT2D eigenvalue weighted by molar-refractivity contribution is 5.86. The van der Waals surface area contributed by atoms with E-state index >= 15 is 0 Å². The van der Waals surface area contributed by atoms with E-state index in [-0.39, 0.29) is 5.41 Å². The van der Waals surface area contributed by atoms with Crippen LogP contribution in [0, 0.1) is 0 Å². The largest absolute Gasteiger partial charge is 0.331 e. The molecule has 0 bridgehead atoms. The first-order chi connectivity index (χ1) is 18.6. The molecule has 2 nitrogen and oxygen atoms in total. The van der Waals surface area contributed by atoms with Gasteiger partial charge in [-0.25, -0.2) is 0 Å². The summed E-state index contributed by atoms with van der Waals surface area (Å²) in [5, 5.41) is 0. The van der Waals surface area contributed by atoms with Crippen molar-refractivity contribution in [1.82, 2.24) is 0 Å². The SMILES string of the molecule is C[N+](C)(C)CCCC1(CCC[N+](C)(C)C)c2cc(-c3ccccc3)ccc2-c2ccc(-c3ccccc3)cc21. The third-order valence-corrected chi connectivity index (χ3v) is 8.44. The van der Waals surface area contributed by atoms with Gasteiger partial charge >= 0.3 is 0 Å². The molecule has 1 aliphatic carbocycles. The summed E-state index contributed by atoms with van der Waals surface area (Å²) >= 11 is 0. The van der Waals surface area contributed by atoms with Crippen molar-refractivity contribution < 1.29 is 8.97 Å². The lowest BCUT2D eigenvalue weighted by molar-refractivity contribution is -0.870. The Balaban J connectivity index is 1.67. The van der Waals surface area contributed by atoms with Crippen LogP contribution in [-0.2, 0) is 5.41 Å². The summed E-state index contributed by atoms with van der Waals surface area (Å²) in [6.45, 7) is 2.36. The molecule has 0 spiro atoms. The second-order valence-corrected chi connectivity index (χ2v) is 13.6. The zero-order valence-electron chi connectivity index (χ0n) is 24.9. The van der Waals surface area contributed by atoms with Crippen LogP contribution in [0.25, 0.3) is 33.4 Å². The molecule has 0 amide bonds. The Kier molecular flexibility index (Phi) is 7.55. The van der Waals surface area contributed by atoms with Gasteiger partial charge in [-0.05, 0) is 82.3 Å². The molecule has 0 saturated carbocycles. The van der Waals surface area contributed by atoms with Gasteiger partial charge in [-0.1, -0.05) is 84.9 Å². The van der Waals surface area contributed by atoms with Crippen molar-refractivity contribution in [1.29, 1.82) is 0 Å². The molecule has 39 heavy (non-hydrogen) atoms. The third kappa shape index (κ3) is 6.03. The van der Waals surface area contributed by atoms with Crippen molar-refractivity contribution in [3.8, 4) is 33.4 Å². The molecule has 0 N–H and O–H groups in total. The van der Waals surface area contributed by atoms with Crippen LogP contribution in [0.3, 0.4) is 0 Å². The summed E-state index contributed by atoms with van der Waals surface area (Å²) < 4.78 is 2.01. The van der Waals surface area contributed by atoms with Crippen molar-refractivity contribution in [2.75, 3.05) is 55.4 Å². The quantitative estimate of drug-likeness (QED) is 0.185. The number of benzene rings is 4. The predicted octanol–water partition coefficient (Wildman–Crippen LogP) is 8.26. The van der Waals surface area contributed by atoms with Gasteiger partial charge in [-0.3, -0.25) is 0 Å². The van der Waals surface area contributed by atoms with Gasteiger partial charge in [0.05, 0.1) is 55.4 Å². The molecule has 0 aromatic heterocycles. The topological polar surface area (TPSA) is 0 Å². The number of rotatable bonds is 10. The number of nitrogens with zero attached hydrogens (tertiary/aromatic N) is 2. The van der Waals surface area contributed by atoms with Gasteiger partial charge in [0, 0.05) is 5.41 Å². The Morgan fingerprint density at radius 1 is 0.462 bits per heavy atom. The Hall–Kier alpha value is -3.20. The second-order valence-electron chi connectivity index (χ2n) is 13.6. The number of hydrogen-bond acceptors (Lipinski definition) is 0. The number of quaternary nitrogens is 2. The van der Waals surface area contributed by atoms with E-state index in [0.717, 1.165) is 8.97 Å². The van der Waals surface area contributed by atoms with E-state index in [1.807, 2.05) is 0 Å². The van der Waals surface area contributed by atoms with E-state index in [1.165, 1.54) is 83.3 Å². The van der Waals surface area contributed by atoms with Crippen LogP contribution in [0.2, 0.25) is 0 Å². The van der Waals surface area contributed by atoms with Crippen molar-refractivity contribution in [3.63, 3.8) is 0 Å². The predicted molar refractivity (Wildman–Crippen MR) is 168 cm³/mol. The minimum absolute atomic E-state index is 0.0184. The maximum Gasteiger partial charge on any atom is 0.0780 e. The smallest absolute Gasteiger partial charge is 0.0780 e. The summed E-state index contributed by atoms with van der Waals surface area (Å²) in [5.41, 5.74) is 11.2. The highest BCUT2D eigenvalue weighted by Gasteiger charge is 2.43. The van der Waals surface area contributed by atoms with Gasteiger partial charge in [-0.2, -0.15) is 0 Å². The monoisotopic (exact) mass is 518 g/mol. The van der Waals surface area contributed by atoms with E-state index in [0.29, 0.717) is 0 Å². The molecule has 202 valence electrons. The van der Waals surface area contributed by atoms with E-state index < -0.39 is 0 Å². The van der Waals surface area contributed by atoms with Gasteiger partial charge in [0.25, 0.3) is 0 Å². The minimum atomic E-state index is 0.0184. The molecule has 0 atom stereocenters. The fourth-order valence-corrected chi connectivity index (χ4v) is 6.49. The fourth-order valence-electron chi connectivity index (χ4n) is 6.49. The summed E-state index contributed by atoms with van der Waals surface area (Å²) in [5.74, 6) is 0. The Bertz CT molecular complexity index is 1290. The van der Waals surface area contributed by atoms with Gasteiger partial charge in [-0.15, -0.1) is 0 Å². The molecular formula is C37H46N2+2. The molecule has 4 aromatic carbocycles. The van der Waals surface area contributed by atoms with E-state index in [9.17, 15) is 0 Å². The molecule has 5 rings (SSSR count). The second kappa shape index (κ2) is 10.8. The van der Waals surface area contributed by atoms with Gasteiger partial charge in [0.2, 0.25) is 0 Å². The molecule has 2 heteroatoms. The lowest BCUT2D eigenvalue weighted by Crippen LogP contribution is -2.38. The molecular weight excluding hydrogens is 472 g/mol. The lowest BCUT2D eigenvalue weighted by atomic mass is 9.70. The standard InChI is InChI=1S/C37H46N2/c1-38(2,3)25-13-23-37(24-14-26-39(4,5)6)35-27-31(29-15-9-7-10-16-29)19-21-33(35)34-22-20-32(28-36(34)37)30-17-11-8-12-18-30/h7-12,15-22,27-28H,13-14,23-26H2,1-6H3/q+2. The van der Waals surface area contributed by atoms with Crippen LogP contribution in [-0.4, -0.2) is 64.3 Å². The third-order valence-electron chi connectivity index (χ3n) is 8.44. The van der Waals surface area contributed by atoms with Crippen molar-refractivity contribution in [2.24, 2.45) is 0 Å². The number of fused-ring (bicyclic) bond motifs is 3. The molecule has 0 aliphatic heterocycles. The summed E-state index contributed by atoms with van der Waals surface area (Å²) in [6, 6.07) is 36.3. The molecule has 4 aromatic rings. The summed E-state index contributed by atoms with van der Waals surface area (Å²) in [4.78, 5) is 0. The highest BCUT2D eigenvalue weighted by atomic mass is 15.3. The van der Waals surface area contributed by atoms with Crippen LogP contribution in [0.1, 0.15) is 36.8 Å². The first kappa shape index (κ1) is 27.4. The normalized spacial score (nSPS) is 14.2. The zero-order valence-corrected chi connectivity index (χ0v) is 24.9. The van der Waals surface area contributed by atoms with Crippen molar-refractivity contribution in [3.05, 3.63) is 108 Å². The average molecular weight is 519 g/mol. The molecule has 0 fully saturated rings. The van der Waals surface area contributed by atoms with Crippen LogP contribution < -0.4 is 0 Å². The Morgan fingerprint density at radius 2 is 0.846 bits per heavy atom. The van der Waals surface area contributed by atoms with Crippen LogP contribution in [0.5, 0.6) is 0 Å². The van der Waals surface area contributed by atoms with Crippen LogP contribution in [0.4, 0.5) is 0 Å². The van der Waals surface area contributed by atoms with Crippen LogP contribution in [0.15, 0.2) is 97.1 Å². The van der Waals surface area contributed by atoms with E-state index in [2.05, 4.69) is 139 Å². The first-order valence-corrected chi connectivity index (χ1v) is 14.6. The highest BCUT2D eigenvalue weighted by Crippen LogP contribution is 2.55. The van der Waals surface area contributed by atoms with Crippen LogP contribution >= 0.6 is 0 Å². The Morgan fingerprint density at radius 3 is 1.21 bits per heavy atom. The molecule has 0 radical (unpaired) electrons. The number of hydrogen-bond donors (Lipinski definition) is 0. The van der Waals surface area contributed by atoms with Gasteiger partial charge in [0.1, 0.15) is 0 Å². The lowest BCUT2D eigenvalue weighted by Gasteiger charge is -2.35. The summed E-state index contributed by atoms with van der Waals surface area (Å²) in [6.07, 6.45) is 4.77. The van der Waals surface area contributed by atoms with E-state index in [4.69, 9.17) is 0 Å². The zero-order chi connectivity index (χ0) is 27.7. The molecule has 0 heterocycles. The molecule has 1 aliphatic rings. The molecule has 0 saturated heterocycles. The van der Waals surface area contributed by atoms with Gasteiger partial charge < -0.3 is 8.97 Å². The maximum absolute atomic E-state index is 2.53. The van der Waals surface area contributed by atoms with E-state index in [1.54, 1.807) is 0 Å². The first-order valence-electron chi connectivity index (χ1n) is 14.6. The maximum atomic E-state index is 2.53. The average Bonchev–Trinajstić information content (AvgIpc) is 3.17. The minimum Gasteiger partial charge on any atom is -0.331 e. The van der Waals surface area contributed by atoms with Crippen molar-refractivity contribution in [2.45, 2.75) is 31.1 Å². The van der Waals surface area contributed by atoms with Gasteiger partial charge in [0.15, 0.2) is 0 Å². The Labute approximate surface area is 236 Å².